The Morgan fingerprint density at radius 2 is 1.76 bits per heavy atom. The molecular weight excluding hydrogens is 363 g/mol. The van der Waals surface area contributed by atoms with Crippen molar-refractivity contribution < 1.29 is 14.3 Å². The number of benzene rings is 2. The molecule has 0 unspecified atom stereocenters. The molecule has 2 aromatic rings. The van der Waals surface area contributed by atoms with Crippen LogP contribution in [-0.2, 0) is 9.53 Å². The SMILES string of the molecule is O=C(OCC(=O)N1CCC(c2ccccc2)=N1)c1cc(Cl)cc(Cl)c1. The molecule has 2 aromatic carbocycles. The summed E-state index contributed by atoms with van der Waals surface area (Å²) in [4.78, 5) is 24.2. The second kappa shape index (κ2) is 7.68. The number of carbonyl (C=O) groups is 2. The summed E-state index contributed by atoms with van der Waals surface area (Å²) in [6, 6.07) is 14.0. The van der Waals surface area contributed by atoms with Crippen molar-refractivity contribution >= 4 is 40.8 Å². The third kappa shape index (κ3) is 4.38. The minimum Gasteiger partial charge on any atom is -0.452 e. The van der Waals surface area contributed by atoms with Crippen LogP contribution in [-0.4, -0.2) is 35.7 Å². The lowest BCUT2D eigenvalue weighted by molar-refractivity contribution is -0.134. The summed E-state index contributed by atoms with van der Waals surface area (Å²) in [5.41, 5.74) is 2.01. The number of carbonyl (C=O) groups excluding carboxylic acids is 2. The third-order valence-corrected chi connectivity index (χ3v) is 4.06. The molecule has 5 nitrogen and oxygen atoms in total. The fraction of sp³-hybridized carbons (Fsp3) is 0.167. The third-order valence-electron chi connectivity index (χ3n) is 3.62. The summed E-state index contributed by atoms with van der Waals surface area (Å²) >= 11 is 11.7. The zero-order chi connectivity index (χ0) is 17.8. The summed E-state index contributed by atoms with van der Waals surface area (Å²) in [5.74, 6) is -1.04. The maximum Gasteiger partial charge on any atom is 0.338 e. The topological polar surface area (TPSA) is 59.0 Å². The van der Waals surface area contributed by atoms with Crippen molar-refractivity contribution in [2.24, 2.45) is 5.10 Å². The summed E-state index contributed by atoms with van der Waals surface area (Å²) in [5, 5.41) is 6.27. The largest absolute Gasteiger partial charge is 0.452 e. The van der Waals surface area contributed by atoms with Crippen molar-refractivity contribution in [3.8, 4) is 0 Å². The normalized spacial score (nSPS) is 13.5. The minimum atomic E-state index is -0.663. The van der Waals surface area contributed by atoms with Crippen molar-refractivity contribution in [1.82, 2.24) is 5.01 Å². The van der Waals surface area contributed by atoms with Crippen molar-refractivity contribution in [3.05, 3.63) is 69.7 Å². The van der Waals surface area contributed by atoms with Crippen LogP contribution in [0, 0.1) is 0 Å². The quantitative estimate of drug-likeness (QED) is 0.762. The summed E-state index contributed by atoms with van der Waals surface area (Å²) in [6.45, 7) is 0.0676. The van der Waals surface area contributed by atoms with Crippen LogP contribution in [0.15, 0.2) is 53.6 Å². The Bertz CT molecular complexity index is 817. The lowest BCUT2D eigenvalue weighted by atomic mass is 10.1. The van der Waals surface area contributed by atoms with E-state index in [1.807, 2.05) is 30.3 Å². The van der Waals surface area contributed by atoms with Gasteiger partial charge in [0.1, 0.15) is 0 Å². The van der Waals surface area contributed by atoms with Gasteiger partial charge in [0.25, 0.3) is 5.91 Å². The van der Waals surface area contributed by atoms with Crippen molar-refractivity contribution in [2.45, 2.75) is 6.42 Å². The standard InChI is InChI=1S/C18H14Cl2N2O3/c19-14-8-13(9-15(20)10-14)18(24)25-11-17(23)22-7-6-16(21-22)12-4-2-1-3-5-12/h1-5,8-10H,6-7,11H2. The van der Waals surface area contributed by atoms with Gasteiger partial charge in [-0.3, -0.25) is 4.79 Å². The van der Waals surface area contributed by atoms with Crippen molar-refractivity contribution in [3.63, 3.8) is 0 Å². The first-order chi connectivity index (χ1) is 12.0. The fourth-order valence-electron chi connectivity index (χ4n) is 2.43. The van der Waals surface area contributed by atoms with E-state index in [-0.39, 0.29) is 11.5 Å². The summed E-state index contributed by atoms with van der Waals surface area (Å²) in [6.07, 6.45) is 0.660. The molecule has 0 saturated heterocycles. The average Bonchev–Trinajstić information content (AvgIpc) is 3.09. The Labute approximate surface area is 154 Å². The highest BCUT2D eigenvalue weighted by atomic mass is 35.5. The van der Waals surface area contributed by atoms with E-state index >= 15 is 0 Å². The maximum atomic E-state index is 12.2. The number of hydrazone groups is 1. The molecule has 0 fully saturated rings. The second-order valence-electron chi connectivity index (χ2n) is 5.41. The van der Waals surface area contributed by atoms with E-state index in [0.717, 1.165) is 11.3 Å². The van der Waals surface area contributed by atoms with Gasteiger partial charge in [-0.25, -0.2) is 9.80 Å². The highest BCUT2D eigenvalue weighted by molar-refractivity contribution is 6.35. The number of amides is 1. The molecule has 0 bridgehead atoms. The highest BCUT2D eigenvalue weighted by Gasteiger charge is 2.22. The van der Waals surface area contributed by atoms with Gasteiger partial charge in [-0.1, -0.05) is 53.5 Å². The molecule has 1 amide bonds. The molecule has 25 heavy (non-hydrogen) atoms. The Morgan fingerprint density at radius 1 is 1.08 bits per heavy atom. The molecule has 0 aromatic heterocycles. The van der Waals surface area contributed by atoms with E-state index in [4.69, 9.17) is 27.9 Å². The number of nitrogens with zero attached hydrogens (tertiary/aromatic N) is 2. The van der Waals surface area contributed by atoms with Gasteiger partial charge in [0.15, 0.2) is 6.61 Å². The van der Waals surface area contributed by atoms with Gasteiger partial charge in [-0.2, -0.15) is 5.10 Å². The molecule has 3 rings (SSSR count). The summed E-state index contributed by atoms with van der Waals surface area (Å²) < 4.78 is 5.04. The van der Waals surface area contributed by atoms with Gasteiger partial charge in [0.05, 0.1) is 17.8 Å². The molecule has 0 aliphatic carbocycles. The monoisotopic (exact) mass is 376 g/mol. The highest BCUT2D eigenvalue weighted by Crippen LogP contribution is 2.20. The van der Waals surface area contributed by atoms with Gasteiger partial charge < -0.3 is 4.74 Å². The molecule has 1 aliphatic rings. The average molecular weight is 377 g/mol. The first-order valence-electron chi connectivity index (χ1n) is 7.59. The van der Waals surface area contributed by atoms with Crippen LogP contribution in [0.5, 0.6) is 0 Å². The van der Waals surface area contributed by atoms with Crippen LogP contribution < -0.4 is 0 Å². The zero-order valence-electron chi connectivity index (χ0n) is 13.1. The number of ether oxygens (including phenoxy) is 1. The van der Waals surface area contributed by atoms with Crippen molar-refractivity contribution in [2.75, 3.05) is 13.2 Å². The number of hydrogen-bond acceptors (Lipinski definition) is 4. The van der Waals surface area contributed by atoms with E-state index in [2.05, 4.69) is 5.10 Å². The van der Waals surface area contributed by atoms with E-state index in [9.17, 15) is 9.59 Å². The van der Waals surface area contributed by atoms with Gasteiger partial charge in [-0.15, -0.1) is 0 Å². The van der Waals surface area contributed by atoms with Crippen LogP contribution in [0.25, 0.3) is 0 Å². The maximum absolute atomic E-state index is 12.2. The number of esters is 1. The van der Waals surface area contributed by atoms with Gasteiger partial charge >= 0.3 is 5.97 Å². The van der Waals surface area contributed by atoms with Gasteiger partial charge in [-0.05, 0) is 23.8 Å². The first-order valence-corrected chi connectivity index (χ1v) is 8.35. The molecule has 0 spiro atoms. The van der Waals surface area contributed by atoms with E-state index in [0.29, 0.717) is 23.0 Å². The molecule has 1 heterocycles. The Kier molecular flexibility index (Phi) is 5.36. The first kappa shape index (κ1) is 17.5. The van der Waals surface area contributed by atoms with Gasteiger partial charge in [0.2, 0.25) is 0 Å². The van der Waals surface area contributed by atoms with Gasteiger partial charge in [0, 0.05) is 16.5 Å². The van der Waals surface area contributed by atoms with E-state index < -0.39 is 12.6 Å². The Balaban J connectivity index is 1.60. The number of rotatable bonds is 4. The Hall–Kier alpha value is -2.37. The van der Waals surface area contributed by atoms with Crippen LogP contribution in [0.4, 0.5) is 0 Å². The second-order valence-corrected chi connectivity index (χ2v) is 6.29. The predicted molar refractivity (Wildman–Crippen MR) is 96.1 cm³/mol. The molecule has 7 heteroatoms. The molecule has 0 N–H and O–H groups in total. The lowest BCUT2D eigenvalue weighted by Gasteiger charge is -2.11. The van der Waals surface area contributed by atoms with E-state index in [1.165, 1.54) is 23.2 Å². The molecule has 128 valence electrons. The predicted octanol–water partition coefficient (Wildman–Crippen LogP) is 3.79. The smallest absolute Gasteiger partial charge is 0.338 e. The molecular formula is C18H14Cl2N2O3. The molecule has 0 atom stereocenters. The molecule has 0 radical (unpaired) electrons. The summed E-state index contributed by atoms with van der Waals surface area (Å²) in [7, 11) is 0. The minimum absolute atomic E-state index is 0.195. The fourth-order valence-corrected chi connectivity index (χ4v) is 2.95. The number of hydrogen-bond donors (Lipinski definition) is 0. The van der Waals surface area contributed by atoms with Crippen molar-refractivity contribution in [1.29, 1.82) is 0 Å². The zero-order valence-corrected chi connectivity index (χ0v) is 14.6. The molecule has 0 saturated carbocycles. The van der Waals surface area contributed by atoms with Crippen LogP contribution in [0.1, 0.15) is 22.3 Å². The van der Waals surface area contributed by atoms with Crippen LogP contribution >= 0.6 is 23.2 Å². The molecule has 1 aliphatic heterocycles. The lowest BCUT2D eigenvalue weighted by Crippen LogP contribution is -2.28. The van der Waals surface area contributed by atoms with E-state index in [1.54, 1.807) is 0 Å². The Morgan fingerprint density at radius 3 is 2.44 bits per heavy atom. The van der Waals surface area contributed by atoms with Crippen LogP contribution in [0.3, 0.4) is 0 Å². The number of halogens is 2. The van der Waals surface area contributed by atoms with Crippen LogP contribution in [0.2, 0.25) is 10.0 Å².